The number of amides is 1. The number of carbonyl (C=O) groups is 6. The number of hydrogen-bond donors (Lipinski definition) is 3. The van der Waals surface area contributed by atoms with Crippen LogP contribution in [-0.2, 0) is 25.6 Å². The van der Waals surface area contributed by atoms with Crippen molar-refractivity contribution in [3.63, 3.8) is 0 Å². The van der Waals surface area contributed by atoms with Crippen molar-refractivity contribution in [2.45, 2.75) is 31.4 Å². The Bertz CT molecular complexity index is 1160. The lowest BCUT2D eigenvalue weighted by molar-refractivity contribution is -0.181. The van der Waals surface area contributed by atoms with Crippen molar-refractivity contribution in [3.8, 4) is 5.75 Å². The second-order valence-electron chi connectivity index (χ2n) is 9.33. The Morgan fingerprint density at radius 1 is 1.12 bits per heavy atom. The Kier molecular flexibility index (Phi) is 5.14. The van der Waals surface area contributed by atoms with Crippen molar-refractivity contribution >= 4 is 34.8 Å². The van der Waals surface area contributed by atoms with Gasteiger partial charge in [0.15, 0.2) is 40.4 Å². The van der Waals surface area contributed by atoms with E-state index in [9.17, 15) is 39.0 Å². The topological polar surface area (TPSA) is 172 Å². The highest BCUT2D eigenvalue weighted by atomic mass is 16.3. The summed E-state index contributed by atoms with van der Waals surface area (Å²) in [7, 11) is 3.03. The van der Waals surface area contributed by atoms with Crippen molar-refractivity contribution in [3.05, 3.63) is 28.8 Å². The van der Waals surface area contributed by atoms with Gasteiger partial charge >= 0.3 is 0 Å². The van der Waals surface area contributed by atoms with Crippen LogP contribution in [0.1, 0.15) is 39.6 Å². The van der Waals surface area contributed by atoms with E-state index >= 15 is 0 Å². The van der Waals surface area contributed by atoms with E-state index in [0.717, 1.165) is 0 Å². The molecule has 1 amide bonds. The number of rotatable bonds is 3. The highest BCUT2D eigenvalue weighted by Crippen LogP contribution is 2.50. The normalized spacial score (nSPS) is 33.4. The minimum atomic E-state index is -2.76. The van der Waals surface area contributed by atoms with E-state index in [-0.39, 0.29) is 29.8 Å². The largest absolute Gasteiger partial charge is 0.507 e. The summed E-state index contributed by atoms with van der Waals surface area (Å²) in [6.07, 6.45) is 0.00600. The van der Waals surface area contributed by atoms with Gasteiger partial charge < -0.3 is 15.9 Å². The van der Waals surface area contributed by atoms with E-state index in [1.807, 2.05) is 0 Å². The van der Waals surface area contributed by atoms with Crippen molar-refractivity contribution in [2.24, 2.45) is 29.4 Å². The fourth-order valence-corrected chi connectivity index (χ4v) is 5.93. The molecule has 0 saturated heterocycles. The SMILES string of the molecule is CC(=O)c1ccc(O)c2c1C[C@@H]1C[C@@H]3[C@@H](N(C)C)C(=O)C(C(N)=O)C(=O)[C@]3(O)C(=O)C1C2=O. The molecule has 4 rings (SSSR count). The van der Waals surface area contributed by atoms with Gasteiger partial charge in [-0.2, -0.15) is 0 Å². The van der Waals surface area contributed by atoms with Crippen molar-refractivity contribution in [1.29, 1.82) is 0 Å². The molecule has 33 heavy (non-hydrogen) atoms. The molecule has 0 aromatic heterocycles. The molecule has 3 aliphatic rings. The van der Waals surface area contributed by atoms with Crippen molar-refractivity contribution < 1.29 is 39.0 Å². The average molecular weight is 456 g/mol. The number of nitrogens with zero attached hydrogens (tertiary/aromatic N) is 1. The van der Waals surface area contributed by atoms with Gasteiger partial charge in [-0.3, -0.25) is 33.7 Å². The monoisotopic (exact) mass is 456 g/mol. The summed E-state index contributed by atoms with van der Waals surface area (Å²) < 4.78 is 0. The molecular formula is C23H24N2O8. The molecule has 0 bridgehead atoms. The zero-order chi connectivity index (χ0) is 24.6. The molecular weight excluding hydrogens is 432 g/mol. The number of fused-ring (bicyclic) bond motifs is 3. The standard InChI is InChI=1S/C23H24N2O8/c1-8(26)10-4-5-13(27)15-11(10)6-9-7-12-17(25(2)3)19(29)16(22(24)32)21(31)23(12,33)20(30)14(9)18(15)28/h4-5,9,12,14,16-17,27,33H,6-7H2,1-3H3,(H2,24,32)/t9-,12-,14?,16?,17-,23-/m1/s1. The van der Waals surface area contributed by atoms with Crippen LogP contribution in [0.3, 0.4) is 0 Å². The van der Waals surface area contributed by atoms with Crippen LogP contribution in [0, 0.1) is 23.7 Å². The third-order valence-electron chi connectivity index (χ3n) is 7.32. The third-order valence-corrected chi connectivity index (χ3v) is 7.32. The maximum absolute atomic E-state index is 13.6. The predicted molar refractivity (Wildman–Crippen MR) is 111 cm³/mol. The highest BCUT2D eigenvalue weighted by molar-refractivity contribution is 6.32. The number of likely N-dealkylation sites (N-methyl/N-ethyl adjacent to an activating group) is 1. The number of hydrogen-bond acceptors (Lipinski definition) is 9. The van der Waals surface area contributed by atoms with Crippen LogP contribution >= 0.6 is 0 Å². The number of phenols is 1. The van der Waals surface area contributed by atoms with Crippen molar-refractivity contribution in [2.75, 3.05) is 14.1 Å². The highest BCUT2D eigenvalue weighted by Gasteiger charge is 2.69. The van der Waals surface area contributed by atoms with Gasteiger partial charge in [0.05, 0.1) is 17.5 Å². The summed E-state index contributed by atoms with van der Waals surface area (Å²) in [6.45, 7) is 1.32. The number of carbonyl (C=O) groups excluding carboxylic acids is 6. The first-order valence-corrected chi connectivity index (χ1v) is 10.5. The van der Waals surface area contributed by atoms with Crippen LogP contribution in [0.2, 0.25) is 0 Å². The van der Waals surface area contributed by atoms with Crippen LogP contribution in [0.4, 0.5) is 0 Å². The lowest BCUT2D eigenvalue weighted by Gasteiger charge is -2.52. The summed E-state index contributed by atoms with van der Waals surface area (Å²) in [5.41, 5.74) is 2.86. The summed E-state index contributed by atoms with van der Waals surface area (Å²) >= 11 is 0. The average Bonchev–Trinajstić information content (AvgIpc) is 2.70. The molecule has 4 N–H and O–H groups in total. The Balaban J connectivity index is 1.90. The van der Waals surface area contributed by atoms with Gasteiger partial charge in [-0.25, -0.2) is 0 Å². The summed E-state index contributed by atoms with van der Waals surface area (Å²) in [5, 5.41) is 21.8. The summed E-state index contributed by atoms with van der Waals surface area (Å²) in [4.78, 5) is 78.6. The molecule has 2 unspecified atom stereocenters. The van der Waals surface area contributed by atoms with Gasteiger partial charge in [0.2, 0.25) is 5.91 Å². The molecule has 10 nitrogen and oxygen atoms in total. The van der Waals surface area contributed by atoms with E-state index in [2.05, 4.69) is 0 Å². The van der Waals surface area contributed by atoms with Gasteiger partial charge in [0.1, 0.15) is 5.75 Å². The smallest absolute Gasteiger partial charge is 0.235 e. The number of Topliss-reactive ketones (excluding diaryl/α,β-unsaturated/α-hetero) is 5. The predicted octanol–water partition coefficient (Wildman–Crippen LogP) is -0.930. The van der Waals surface area contributed by atoms with Gasteiger partial charge in [-0.05, 0) is 57.5 Å². The Morgan fingerprint density at radius 3 is 2.30 bits per heavy atom. The number of ketones is 5. The zero-order valence-corrected chi connectivity index (χ0v) is 18.3. The molecule has 0 spiro atoms. The molecule has 2 fully saturated rings. The minimum Gasteiger partial charge on any atom is -0.507 e. The molecule has 174 valence electrons. The lowest BCUT2D eigenvalue weighted by atomic mass is 9.52. The second-order valence-corrected chi connectivity index (χ2v) is 9.33. The number of phenolic OH excluding ortho intramolecular Hbond substituents is 1. The van der Waals surface area contributed by atoms with E-state index < -0.39 is 70.1 Å². The number of nitrogens with two attached hydrogens (primary N) is 1. The Labute approximate surface area is 188 Å². The van der Waals surface area contributed by atoms with E-state index in [0.29, 0.717) is 5.56 Å². The van der Waals surface area contributed by atoms with Crippen LogP contribution < -0.4 is 5.73 Å². The number of aromatic hydroxyl groups is 1. The van der Waals surface area contributed by atoms with E-state index in [1.54, 1.807) is 0 Å². The van der Waals surface area contributed by atoms with Gasteiger partial charge in [-0.15, -0.1) is 0 Å². The molecule has 1 aromatic rings. The second kappa shape index (κ2) is 7.39. The van der Waals surface area contributed by atoms with Crippen LogP contribution in [-0.4, -0.2) is 75.7 Å². The number of primary amides is 1. The maximum atomic E-state index is 13.6. The van der Waals surface area contributed by atoms with Crippen LogP contribution in [0.25, 0.3) is 0 Å². The number of aliphatic hydroxyl groups is 1. The first-order valence-electron chi connectivity index (χ1n) is 10.5. The minimum absolute atomic E-state index is 0.0586. The lowest BCUT2D eigenvalue weighted by Crippen LogP contribution is -2.74. The first kappa shape index (κ1) is 22.9. The van der Waals surface area contributed by atoms with Crippen LogP contribution in [0.5, 0.6) is 5.75 Å². The fraction of sp³-hybridized carbons (Fsp3) is 0.478. The van der Waals surface area contributed by atoms with Crippen LogP contribution in [0.15, 0.2) is 12.1 Å². The molecule has 3 aliphatic carbocycles. The Morgan fingerprint density at radius 2 is 1.76 bits per heavy atom. The molecule has 0 radical (unpaired) electrons. The molecule has 2 saturated carbocycles. The maximum Gasteiger partial charge on any atom is 0.235 e. The third kappa shape index (κ3) is 2.94. The fourth-order valence-electron chi connectivity index (χ4n) is 5.93. The van der Waals surface area contributed by atoms with Gasteiger partial charge in [-0.1, -0.05) is 0 Å². The van der Waals surface area contributed by atoms with E-state index in [4.69, 9.17) is 5.73 Å². The summed E-state index contributed by atoms with van der Waals surface area (Å²) in [5.74, 6) is -11.4. The summed E-state index contributed by atoms with van der Waals surface area (Å²) in [6, 6.07) is 1.43. The molecule has 6 atom stereocenters. The molecule has 0 aliphatic heterocycles. The quantitative estimate of drug-likeness (QED) is 0.384. The first-order chi connectivity index (χ1) is 15.3. The van der Waals surface area contributed by atoms with Gasteiger partial charge in [0.25, 0.3) is 0 Å². The number of benzene rings is 1. The van der Waals surface area contributed by atoms with Crippen molar-refractivity contribution in [1.82, 2.24) is 4.90 Å². The molecule has 0 heterocycles. The molecule has 1 aromatic carbocycles. The Hall–Kier alpha value is -3.24. The molecule has 10 heteroatoms. The zero-order valence-electron chi connectivity index (χ0n) is 18.3. The van der Waals surface area contributed by atoms with Gasteiger partial charge in [0, 0.05) is 11.5 Å². The van der Waals surface area contributed by atoms with E-state index in [1.165, 1.54) is 38.1 Å².